The van der Waals surface area contributed by atoms with Crippen molar-refractivity contribution in [1.29, 1.82) is 0 Å². The second-order valence-corrected chi connectivity index (χ2v) is 15.0. The zero-order valence-electron chi connectivity index (χ0n) is 32.2. The van der Waals surface area contributed by atoms with E-state index in [1.807, 2.05) is 0 Å². The van der Waals surface area contributed by atoms with E-state index in [-0.39, 0.29) is 12.2 Å². The van der Waals surface area contributed by atoms with Crippen molar-refractivity contribution in [2.24, 2.45) is 0 Å². The Morgan fingerprint density at radius 1 is 0.388 bits per heavy atom. The molecule has 4 heteroatoms. The molecule has 0 heterocycles. The van der Waals surface area contributed by atoms with Crippen molar-refractivity contribution in [3.05, 3.63) is 59.7 Å². The topological polar surface area (TPSA) is 64.5 Å². The molecule has 0 fully saturated rings. The second-order valence-electron chi connectivity index (χ2n) is 15.0. The van der Waals surface area contributed by atoms with Gasteiger partial charge in [0.25, 0.3) is 0 Å². The first-order valence-electron chi connectivity index (χ1n) is 21.1. The van der Waals surface area contributed by atoms with Gasteiger partial charge >= 0.3 is 0 Å². The monoisotopic (exact) mass is 679 g/mol. The minimum Gasteiger partial charge on any atom is -0.391 e. The molecule has 4 N–H and O–H groups in total. The van der Waals surface area contributed by atoms with E-state index in [0.717, 1.165) is 43.5 Å². The molecule has 0 aliphatic heterocycles. The first-order valence-corrected chi connectivity index (χ1v) is 21.1. The molecular formula is C45H78N2O2. The van der Waals surface area contributed by atoms with E-state index >= 15 is 0 Å². The lowest BCUT2D eigenvalue weighted by atomic mass is 10.0. The average Bonchev–Trinajstić information content (AvgIpc) is 3.12. The maximum absolute atomic E-state index is 10.4. The van der Waals surface area contributed by atoms with Gasteiger partial charge in [0.15, 0.2) is 0 Å². The minimum absolute atomic E-state index is 0.287. The summed E-state index contributed by atoms with van der Waals surface area (Å²) in [5, 5.41) is 27.7. The zero-order valence-corrected chi connectivity index (χ0v) is 32.2. The third-order valence-electron chi connectivity index (χ3n) is 10.2. The fourth-order valence-corrected chi connectivity index (χ4v) is 6.83. The molecule has 0 radical (unpaired) electrons. The molecule has 280 valence electrons. The molecule has 2 rings (SSSR count). The van der Waals surface area contributed by atoms with Crippen LogP contribution in [0.5, 0.6) is 0 Å². The highest BCUT2D eigenvalue weighted by atomic mass is 16.3. The summed E-state index contributed by atoms with van der Waals surface area (Å²) in [7, 11) is 0. The van der Waals surface area contributed by atoms with Crippen molar-refractivity contribution in [3.8, 4) is 0 Å². The molecule has 0 aliphatic carbocycles. The van der Waals surface area contributed by atoms with Gasteiger partial charge in [-0.05, 0) is 54.7 Å². The summed E-state index contributed by atoms with van der Waals surface area (Å²) in [6.07, 6.45) is 34.4. The van der Waals surface area contributed by atoms with Gasteiger partial charge < -0.3 is 20.8 Å². The van der Waals surface area contributed by atoms with Crippen LogP contribution in [0.4, 0.5) is 11.4 Å². The molecule has 0 spiro atoms. The smallest absolute Gasteiger partial charge is 0.0712 e. The van der Waals surface area contributed by atoms with Gasteiger partial charge in [-0.1, -0.05) is 192 Å². The number of benzene rings is 2. The third-order valence-corrected chi connectivity index (χ3v) is 10.2. The normalized spacial score (nSPS) is 12.7. The van der Waals surface area contributed by atoms with Crippen molar-refractivity contribution in [1.82, 2.24) is 0 Å². The molecule has 2 aromatic rings. The summed E-state index contributed by atoms with van der Waals surface area (Å²) in [4.78, 5) is 0. The highest BCUT2D eigenvalue weighted by Gasteiger charge is 2.06. The van der Waals surface area contributed by atoms with Crippen LogP contribution >= 0.6 is 0 Å². The Morgan fingerprint density at radius 2 is 0.653 bits per heavy atom. The van der Waals surface area contributed by atoms with Gasteiger partial charge in [-0.25, -0.2) is 0 Å². The molecule has 0 saturated carbocycles. The number of hydrogen-bond acceptors (Lipinski definition) is 4. The number of rotatable bonds is 34. The van der Waals surface area contributed by atoms with E-state index in [2.05, 4.69) is 73.0 Å². The van der Waals surface area contributed by atoms with E-state index in [1.54, 1.807) is 0 Å². The highest BCUT2D eigenvalue weighted by Crippen LogP contribution is 2.18. The first-order chi connectivity index (χ1) is 24.1. The number of unbranched alkanes of at least 4 members (excludes halogenated alkanes) is 22. The predicted octanol–water partition coefficient (Wildman–Crippen LogP) is 13.0. The Morgan fingerprint density at radius 3 is 0.939 bits per heavy atom. The lowest BCUT2D eigenvalue weighted by molar-refractivity contribution is 0.173. The van der Waals surface area contributed by atoms with Gasteiger partial charge in [0, 0.05) is 24.5 Å². The Bertz CT molecular complexity index is 897. The standard InChI is InChI=1S/C45H78N2O2/c1-3-5-7-9-11-13-15-17-19-21-23-25-27-44(48)38-46-42-33-29-40(30-34-42)37-41-31-35-43(36-32-41)47-39-45(49)28-26-24-22-20-18-16-14-12-10-8-6-4-2/h29-36,44-49H,3-28,37-39H2,1-2H3. The highest BCUT2D eigenvalue weighted by molar-refractivity contribution is 5.47. The second kappa shape index (κ2) is 30.8. The maximum atomic E-state index is 10.4. The van der Waals surface area contributed by atoms with Gasteiger partial charge in [-0.2, -0.15) is 0 Å². The zero-order chi connectivity index (χ0) is 35.0. The molecule has 0 aromatic heterocycles. The van der Waals surface area contributed by atoms with Gasteiger partial charge in [-0.15, -0.1) is 0 Å². The summed E-state index contributed by atoms with van der Waals surface area (Å²) in [6.45, 7) is 5.78. The quantitative estimate of drug-likeness (QED) is 0.0556. The molecule has 0 saturated heterocycles. The minimum atomic E-state index is -0.287. The lowest BCUT2D eigenvalue weighted by Crippen LogP contribution is -2.19. The first kappa shape index (κ1) is 43.1. The number of hydrogen-bond donors (Lipinski definition) is 4. The van der Waals surface area contributed by atoms with Crippen LogP contribution in [-0.4, -0.2) is 35.5 Å². The van der Waals surface area contributed by atoms with E-state index in [1.165, 1.54) is 152 Å². The summed E-state index contributed by atoms with van der Waals surface area (Å²) in [5.41, 5.74) is 4.69. The summed E-state index contributed by atoms with van der Waals surface area (Å²) >= 11 is 0. The van der Waals surface area contributed by atoms with E-state index in [4.69, 9.17) is 0 Å². The fraction of sp³-hybridized carbons (Fsp3) is 0.733. The Hall–Kier alpha value is -2.04. The van der Waals surface area contributed by atoms with Crippen LogP contribution in [0.3, 0.4) is 0 Å². The number of nitrogens with one attached hydrogen (secondary N) is 2. The van der Waals surface area contributed by atoms with Crippen LogP contribution in [0.15, 0.2) is 48.5 Å². The van der Waals surface area contributed by atoms with Crippen LogP contribution in [0.1, 0.15) is 192 Å². The largest absolute Gasteiger partial charge is 0.391 e. The van der Waals surface area contributed by atoms with Crippen LogP contribution < -0.4 is 10.6 Å². The lowest BCUT2D eigenvalue weighted by Gasteiger charge is -2.14. The van der Waals surface area contributed by atoms with Crippen LogP contribution in [-0.2, 0) is 6.42 Å². The third kappa shape index (κ3) is 24.7. The average molecular weight is 679 g/mol. The van der Waals surface area contributed by atoms with Gasteiger partial charge in [0.2, 0.25) is 0 Å². The van der Waals surface area contributed by atoms with E-state index in [0.29, 0.717) is 13.1 Å². The number of anilines is 2. The molecule has 2 unspecified atom stereocenters. The Balaban J connectivity index is 1.47. The molecule has 4 nitrogen and oxygen atoms in total. The summed E-state index contributed by atoms with van der Waals surface area (Å²) in [6, 6.07) is 17.2. The van der Waals surface area contributed by atoms with Gasteiger partial charge in [-0.3, -0.25) is 0 Å². The number of aliphatic hydroxyl groups excluding tert-OH is 2. The summed E-state index contributed by atoms with van der Waals surface area (Å²) in [5.74, 6) is 0. The molecule has 0 aliphatic rings. The Kier molecular flexibility index (Phi) is 27.1. The van der Waals surface area contributed by atoms with Gasteiger partial charge in [0.05, 0.1) is 12.2 Å². The molecular weight excluding hydrogens is 601 g/mol. The summed E-state index contributed by atoms with van der Waals surface area (Å²) < 4.78 is 0. The van der Waals surface area contributed by atoms with Crippen LogP contribution in [0.25, 0.3) is 0 Å². The van der Waals surface area contributed by atoms with Crippen LogP contribution in [0, 0.1) is 0 Å². The Labute approximate surface area is 303 Å². The fourth-order valence-electron chi connectivity index (χ4n) is 6.83. The van der Waals surface area contributed by atoms with E-state index in [9.17, 15) is 10.2 Å². The van der Waals surface area contributed by atoms with E-state index < -0.39 is 0 Å². The molecule has 2 atom stereocenters. The van der Waals surface area contributed by atoms with Gasteiger partial charge in [0.1, 0.15) is 0 Å². The van der Waals surface area contributed by atoms with Crippen molar-refractivity contribution in [3.63, 3.8) is 0 Å². The molecule has 2 aromatic carbocycles. The number of aliphatic hydroxyl groups is 2. The molecule has 0 amide bonds. The predicted molar refractivity (Wildman–Crippen MR) is 216 cm³/mol. The van der Waals surface area contributed by atoms with Crippen molar-refractivity contribution >= 4 is 11.4 Å². The van der Waals surface area contributed by atoms with Crippen molar-refractivity contribution in [2.45, 2.75) is 199 Å². The van der Waals surface area contributed by atoms with Crippen LogP contribution in [0.2, 0.25) is 0 Å². The molecule has 0 bridgehead atoms. The SMILES string of the molecule is CCCCCCCCCCCCCCC(O)CNc1ccc(Cc2ccc(NCC(O)CCCCCCCCCCCCCC)cc2)cc1. The van der Waals surface area contributed by atoms with Crippen molar-refractivity contribution in [2.75, 3.05) is 23.7 Å². The molecule has 49 heavy (non-hydrogen) atoms. The maximum Gasteiger partial charge on any atom is 0.0712 e. The van der Waals surface area contributed by atoms with Crippen molar-refractivity contribution < 1.29 is 10.2 Å².